The van der Waals surface area contributed by atoms with Crippen LogP contribution in [0.3, 0.4) is 0 Å². The van der Waals surface area contributed by atoms with Gasteiger partial charge >= 0.3 is 11.3 Å². The van der Waals surface area contributed by atoms with Gasteiger partial charge < -0.3 is 23.7 Å². The molecular weight excluding hydrogens is 617 g/mol. The largest absolute Gasteiger partial charge is 0.384 e. The van der Waals surface area contributed by atoms with Crippen molar-refractivity contribution < 1.29 is 17.9 Å². The van der Waals surface area contributed by atoms with E-state index in [0.29, 0.717) is 16.4 Å². The Morgan fingerprint density at radius 2 is 1.71 bits per heavy atom. The first-order valence-corrected chi connectivity index (χ1v) is 15.8. The van der Waals surface area contributed by atoms with Crippen molar-refractivity contribution >= 4 is 40.1 Å². The maximum atomic E-state index is 11.7. The van der Waals surface area contributed by atoms with Gasteiger partial charge in [-0.15, -0.1) is 9.50 Å². The van der Waals surface area contributed by atoms with Gasteiger partial charge in [0, 0.05) is 52.3 Å². The van der Waals surface area contributed by atoms with Gasteiger partial charge in [0.2, 0.25) is 10.7 Å². The highest BCUT2D eigenvalue weighted by molar-refractivity contribution is 7.79. The van der Waals surface area contributed by atoms with Crippen molar-refractivity contribution in [1.29, 1.82) is 0 Å². The third-order valence-corrected chi connectivity index (χ3v) is 7.77. The number of benzene rings is 2. The fraction of sp³-hybridized carbons (Fsp3) is 0.310. The van der Waals surface area contributed by atoms with Gasteiger partial charge in [-0.25, -0.2) is 14.6 Å². The van der Waals surface area contributed by atoms with Crippen LogP contribution in [0.2, 0.25) is 0 Å². The Hall–Kier alpha value is -4.67. The fourth-order valence-corrected chi connectivity index (χ4v) is 5.33. The molecular formula is C29H36N10O4S2. The van der Waals surface area contributed by atoms with Crippen molar-refractivity contribution in [2.24, 2.45) is 25.5 Å². The number of nitrogens with zero attached hydrogens (tertiary/aromatic N) is 9. The zero-order valence-electron chi connectivity index (χ0n) is 25.7. The Morgan fingerprint density at radius 3 is 2.29 bits per heavy atom. The number of hydrogen-bond donors (Lipinski definition) is 1. The maximum Gasteiger partial charge on any atom is 0.341 e. The van der Waals surface area contributed by atoms with Crippen LogP contribution in [0.1, 0.15) is 21.2 Å². The molecule has 0 spiro atoms. The van der Waals surface area contributed by atoms with Gasteiger partial charge in [0.1, 0.15) is 17.1 Å². The lowest BCUT2D eigenvalue weighted by molar-refractivity contribution is 0.101. The van der Waals surface area contributed by atoms with Crippen LogP contribution in [0.5, 0.6) is 5.75 Å². The molecule has 1 amide bonds. The first kappa shape index (κ1) is 33.2. The monoisotopic (exact) mass is 652 g/mol. The molecule has 1 aliphatic heterocycles. The number of amides is 1. The smallest absolute Gasteiger partial charge is 0.341 e. The van der Waals surface area contributed by atoms with E-state index in [1.54, 1.807) is 58.9 Å². The quantitative estimate of drug-likeness (QED) is 0.293. The molecule has 45 heavy (non-hydrogen) atoms. The van der Waals surface area contributed by atoms with Gasteiger partial charge in [-0.05, 0) is 38.1 Å². The number of anilines is 2. The zero-order valence-corrected chi connectivity index (χ0v) is 27.4. The number of carbonyl (C=O) groups excluding carboxylic acids is 1. The fourth-order valence-electron chi connectivity index (χ4n) is 3.84. The number of hydrogen-bond acceptors (Lipinski definition) is 10. The standard InChI is InChI=1S/C11H13N3O2S2.C11H11N3O.C7H12N4O/c1-8-4-6-10(7-5-8)16-18(15)13-11-14(3)12-9(2)17-11;1-14-8-7-12-10(14)11(15)13-9-5-3-2-4-6-9;1-10-6-8-7(9-10)11-2-4-12-5-3-11/h4-7H,1-3H3;2-8H,1H3,(H,13,15);6H,2-5H2,1H3. The molecule has 6 rings (SSSR count). The topological polar surface area (TPSA) is 147 Å². The Balaban J connectivity index is 0.000000157. The number of carbonyl (C=O) groups is 1. The maximum absolute atomic E-state index is 11.7. The molecule has 2 aromatic carbocycles. The Kier molecular flexibility index (Phi) is 12.1. The van der Waals surface area contributed by atoms with E-state index >= 15 is 0 Å². The second-order valence-corrected chi connectivity index (χ2v) is 11.7. The molecule has 16 heteroatoms. The van der Waals surface area contributed by atoms with Gasteiger partial charge in [0.05, 0.1) is 13.2 Å². The number of imidazole rings is 1. The molecule has 4 heterocycles. The van der Waals surface area contributed by atoms with Gasteiger partial charge in [-0.2, -0.15) is 9.31 Å². The molecule has 0 saturated carbocycles. The summed E-state index contributed by atoms with van der Waals surface area (Å²) in [5.74, 6) is 1.54. The Bertz CT molecular complexity index is 1740. The molecule has 1 N–H and O–H groups in total. The highest BCUT2D eigenvalue weighted by atomic mass is 32.2. The van der Waals surface area contributed by atoms with Crippen molar-refractivity contribution in [3.63, 3.8) is 0 Å². The Morgan fingerprint density at radius 1 is 1.00 bits per heavy atom. The molecule has 238 valence electrons. The van der Waals surface area contributed by atoms with Crippen LogP contribution in [-0.2, 0) is 37.1 Å². The second kappa shape index (κ2) is 16.4. The van der Waals surface area contributed by atoms with E-state index < -0.39 is 11.3 Å². The van der Waals surface area contributed by atoms with Crippen LogP contribution >= 0.6 is 11.3 Å². The van der Waals surface area contributed by atoms with Gasteiger partial charge in [0.15, 0.2) is 5.82 Å². The second-order valence-electron chi connectivity index (χ2n) is 9.73. The Labute approximate surface area is 267 Å². The minimum absolute atomic E-state index is 0.200. The zero-order chi connectivity index (χ0) is 32.2. The van der Waals surface area contributed by atoms with E-state index in [0.717, 1.165) is 48.5 Å². The summed E-state index contributed by atoms with van der Waals surface area (Å²) in [5.41, 5.74) is 1.89. The minimum atomic E-state index is -1.75. The van der Waals surface area contributed by atoms with Crippen LogP contribution < -0.4 is 19.2 Å². The molecule has 0 radical (unpaired) electrons. The van der Waals surface area contributed by atoms with E-state index in [-0.39, 0.29) is 5.91 Å². The van der Waals surface area contributed by atoms with Crippen molar-refractivity contribution in [3.8, 4) is 5.75 Å². The first-order chi connectivity index (χ1) is 21.7. The third kappa shape index (κ3) is 10.5. The van der Waals surface area contributed by atoms with Crippen molar-refractivity contribution in [2.75, 3.05) is 36.5 Å². The summed E-state index contributed by atoms with van der Waals surface area (Å²) in [4.78, 5) is 22.5. The van der Waals surface area contributed by atoms with Crippen LogP contribution in [-0.4, -0.2) is 70.5 Å². The van der Waals surface area contributed by atoms with Crippen molar-refractivity contribution in [1.82, 2.24) is 34.1 Å². The van der Waals surface area contributed by atoms with E-state index in [2.05, 4.69) is 34.8 Å². The summed E-state index contributed by atoms with van der Waals surface area (Å²) < 4.78 is 31.1. The molecule has 1 aliphatic rings. The molecule has 14 nitrogen and oxygen atoms in total. The average molecular weight is 653 g/mol. The van der Waals surface area contributed by atoms with E-state index in [4.69, 9.17) is 8.92 Å². The molecule has 1 fully saturated rings. The molecule has 1 unspecified atom stereocenters. The van der Waals surface area contributed by atoms with Crippen molar-refractivity contribution in [2.45, 2.75) is 13.8 Å². The van der Waals surface area contributed by atoms with Crippen molar-refractivity contribution in [3.05, 3.63) is 94.5 Å². The minimum Gasteiger partial charge on any atom is -0.384 e. The lowest BCUT2D eigenvalue weighted by Crippen LogP contribution is -2.36. The predicted octanol–water partition coefficient (Wildman–Crippen LogP) is 2.98. The summed E-state index contributed by atoms with van der Waals surface area (Å²) in [6.45, 7) is 7.18. The van der Waals surface area contributed by atoms with Gasteiger partial charge in [-0.1, -0.05) is 47.2 Å². The summed E-state index contributed by atoms with van der Waals surface area (Å²) in [6, 6.07) is 16.6. The normalized spacial score (nSPS) is 13.6. The van der Waals surface area contributed by atoms with Crippen LogP contribution in [0.15, 0.2) is 77.7 Å². The summed E-state index contributed by atoms with van der Waals surface area (Å²) in [7, 11) is 5.41. The SMILES string of the molecule is Cc1ccc(OS(=O)N=c2sc(C)nn2C)cc1.Cn1ccnc1C(=O)Nc1ccccc1.Cn1cnc(N2CCOCC2)n1. The molecule has 1 atom stereocenters. The lowest BCUT2D eigenvalue weighted by Gasteiger charge is -2.25. The first-order valence-electron chi connectivity index (χ1n) is 13.9. The summed E-state index contributed by atoms with van der Waals surface area (Å²) in [6.07, 6.45) is 5.05. The molecule has 3 aromatic heterocycles. The highest BCUT2D eigenvalue weighted by Gasteiger charge is 2.14. The average Bonchev–Trinajstić information content (AvgIpc) is 3.75. The number of ether oxygens (including phenoxy) is 1. The number of nitrogens with one attached hydrogen (secondary N) is 1. The predicted molar refractivity (Wildman–Crippen MR) is 173 cm³/mol. The molecule has 0 aliphatic carbocycles. The lowest BCUT2D eigenvalue weighted by atomic mass is 10.2. The van der Waals surface area contributed by atoms with E-state index in [1.807, 2.05) is 63.4 Å². The van der Waals surface area contributed by atoms with Crippen LogP contribution in [0, 0.1) is 13.8 Å². The highest BCUT2D eigenvalue weighted by Crippen LogP contribution is 2.13. The number of morpholine rings is 1. The van der Waals surface area contributed by atoms with E-state index in [9.17, 15) is 9.00 Å². The number of rotatable bonds is 6. The molecule has 0 bridgehead atoms. The molecule has 1 saturated heterocycles. The number of aryl methyl sites for hydroxylation is 5. The van der Waals surface area contributed by atoms with Crippen LogP contribution in [0.25, 0.3) is 0 Å². The van der Waals surface area contributed by atoms with E-state index in [1.165, 1.54) is 11.3 Å². The number of para-hydroxylation sites is 1. The van der Waals surface area contributed by atoms with Crippen LogP contribution in [0.4, 0.5) is 11.6 Å². The van der Waals surface area contributed by atoms with Gasteiger partial charge in [0.25, 0.3) is 5.91 Å². The summed E-state index contributed by atoms with van der Waals surface area (Å²) in [5, 5.41) is 12.0. The summed E-state index contributed by atoms with van der Waals surface area (Å²) >= 11 is -0.383. The number of aromatic nitrogens is 7. The third-order valence-electron chi connectivity index (χ3n) is 6.09. The van der Waals surface area contributed by atoms with Gasteiger partial charge in [-0.3, -0.25) is 9.48 Å². The molecule has 5 aromatic rings.